The van der Waals surface area contributed by atoms with E-state index in [1.807, 2.05) is 0 Å². The van der Waals surface area contributed by atoms with Crippen LogP contribution in [0, 0.1) is 0 Å². The normalized spacial score (nSPS) is 10.2. The Bertz CT molecular complexity index is 435. The van der Waals surface area contributed by atoms with Crippen LogP contribution >= 0.6 is 11.3 Å². The molecule has 0 radical (unpaired) electrons. The van der Waals surface area contributed by atoms with Gasteiger partial charge in [0.25, 0.3) is 0 Å². The van der Waals surface area contributed by atoms with Crippen molar-refractivity contribution in [3.05, 3.63) is 5.01 Å². The molecule has 0 saturated heterocycles. The van der Waals surface area contributed by atoms with Gasteiger partial charge in [-0.15, -0.1) is 10.2 Å². The summed E-state index contributed by atoms with van der Waals surface area (Å²) in [6, 6.07) is -0.376. The molecule has 0 aliphatic heterocycles. The first-order chi connectivity index (χ1) is 9.02. The van der Waals surface area contributed by atoms with Gasteiger partial charge in [-0.2, -0.15) is 0 Å². The quantitative estimate of drug-likeness (QED) is 0.797. The van der Waals surface area contributed by atoms with E-state index in [2.05, 4.69) is 22.4 Å². The van der Waals surface area contributed by atoms with Gasteiger partial charge in [-0.1, -0.05) is 24.7 Å². The van der Waals surface area contributed by atoms with Crippen LogP contribution in [0.2, 0.25) is 0 Å². The Labute approximate surface area is 115 Å². The molecule has 2 N–H and O–H groups in total. The number of rotatable bonds is 7. The van der Waals surface area contributed by atoms with Gasteiger partial charge in [-0.05, 0) is 6.42 Å². The van der Waals surface area contributed by atoms with E-state index in [9.17, 15) is 9.59 Å². The molecule has 106 valence electrons. The monoisotopic (exact) mass is 286 g/mol. The number of nitrogens with zero attached hydrogens (tertiary/aromatic N) is 3. The Morgan fingerprint density at radius 2 is 2.16 bits per heavy atom. The summed E-state index contributed by atoms with van der Waals surface area (Å²) >= 11 is 1.35. The van der Waals surface area contributed by atoms with Crippen molar-refractivity contribution in [2.75, 3.05) is 18.9 Å². The Balaban J connectivity index is 2.42. The summed E-state index contributed by atoms with van der Waals surface area (Å²) in [5, 5.41) is 20.3. The minimum atomic E-state index is -0.933. The molecule has 0 fully saturated rings. The lowest BCUT2D eigenvalue weighted by Crippen LogP contribution is -2.33. The second kappa shape index (κ2) is 7.67. The third-order valence-electron chi connectivity index (χ3n) is 2.43. The summed E-state index contributed by atoms with van der Waals surface area (Å²) in [6.07, 6.45) is 2.90. The second-order valence-electron chi connectivity index (χ2n) is 4.10. The summed E-state index contributed by atoms with van der Waals surface area (Å²) < 4.78 is 0. The highest BCUT2D eigenvalue weighted by atomic mass is 32.1. The van der Waals surface area contributed by atoms with Crippen molar-refractivity contribution in [1.29, 1.82) is 0 Å². The zero-order valence-corrected chi connectivity index (χ0v) is 11.9. The number of hydrogen-bond acceptors (Lipinski definition) is 5. The van der Waals surface area contributed by atoms with E-state index in [0.29, 0.717) is 5.13 Å². The van der Waals surface area contributed by atoms with Crippen LogP contribution in [0.5, 0.6) is 0 Å². The first-order valence-electron chi connectivity index (χ1n) is 6.09. The lowest BCUT2D eigenvalue weighted by atomic mass is 10.3. The van der Waals surface area contributed by atoms with E-state index < -0.39 is 5.97 Å². The van der Waals surface area contributed by atoms with Gasteiger partial charge in [0, 0.05) is 20.0 Å². The number of urea groups is 1. The number of aromatic nitrogens is 2. The highest BCUT2D eigenvalue weighted by Crippen LogP contribution is 2.17. The molecule has 0 aromatic carbocycles. The Morgan fingerprint density at radius 3 is 2.79 bits per heavy atom. The molecule has 0 bridgehead atoms. The van der Waals surface area contributed by atoms with Crippen LogP contribution < -0.4 is 5.32 Å². The molecular formula is C11H18N4O3S. The van der Waals surface area contributed by atoms with Crippen molar-refractivity contribution >= 4 is 28.5 Å². The molecular weight excluding hydrogens is 268 g/mol. The van der Waals surface area contributed by atoms with E-state index >= 15 is 0 Å². The van der Waals surface area contributed by atoms with Crippen molar-refractivity contribution < 1.29 is 14.7 Å². The maximum atomic E-state index is 11.7. The van der Waals surface area contributed by atoms with Crippen LogP contribution in [0.4, 0.5) is 9.93 Å². The number of carbonyl (C=O) groups excluding carboxylic acids is 1. The van der Waals surface area contributed by atoms with Gasteiger partial charge in [0.05, 0.1) is 6.42 Å². The highest BCUT2D eigenvalue weighted by molar-refractivity contribution is 7.15. The number of carbonyl (C=O) groups is 2. The molecule has 1 rings (SSSR count). The van der Waals surface area contributed by atoms with E-state index in [-0.39, 0.29) is 19.0 Å². The van der Waals surface area contributed by atoms with Crippen molar-refractivity contribution in [1.82, 2.24) is 15.1 Å². The van der Waals surface area contributed by atoms with E-state index in [4.69, 9.17) is 5.11 Å². The SMILES string of the molecule is CCCCc1nnc(NC(=O)N(C)CCC(=O)O)s1. The fourth-order valence-electron chi connectivity index (χ4n) is 1.28. The second-order valence-corrected chi connectivity index (χ2v) is 5.16. The minimum absolute atomic E-state index is 0.0816. The van der Waals surface area contributed by atoms with Gasteiger partial charge in [-0.25, -0.2) is 4.79 Å². The highest BCUT2D eigenvalue weighted by Gasteiger charge is 2.12. The summed E-state index contributed by atoms with van der Waals surface area (Å²) in [5.41, 5.74) is 0. The fraction of sp³-hybridized carbons (Fsp3) is 0.636. The lowest BCUT2D eigenvalue weighted by molar-refractivity contribution is -0.137. The topological polar surface area (TPSA) is 95.4 Å². The Hall–Kier alpha value is -1.70. The van der Waals surface area contributed by atoms with Crippen LogP contribution in [-0.2, 0) is 11.2 Å². The molecule has 0 aliphatic carbocycles. The first kappa shape index (κ1) is 15.4. The molecule has 0 atom stereocenters. The summed E-state index contributed by atoms with van der Waals surface area (Å²) in [7, 11) is 1.54. The standard InChI is InChI=1S/C11H18N4O3S/c1-3-4-5-8-13-14-10(19-8)12-11(18)15(2)7-6-9(16)17/h3-7H2,1-2H3,(H,16,17)(H,12,14,18). The van der Waals surface area contributed by atoms with Crippen molar-refractivity contribution in [2.24, 2.45) is 0 Å². The number of hydrogen-bond donors (Lipinski definition) is 2. The molecule has 1 aromatic rings. The fourth-order valence-corrected chi connectivity index (χ4v) is 2.06. The number of carboxylic acids is 1. The molecule has 19 heavy (non-hydrogen) atoms. The number of aliphatic carboxylic acids is 1. The third kappa shape index (κ3) is 5.64. The number of aryl methyl sites for hydroxylation is 1. The number of anilines is 1. The molecule has 1 heterocycles. The molecule has 0 spiro atoms. The molecule has 0 unspecified atom stereocenters. The van der Waals surface area contributed by atoms with Crippen LogP contribution in [-0.4, -0.2) is 45.8 Å². The van der Waals surface area contributed by atoms with Crippen molar-refractivity contribution in [3.63, 3.8) is 0 Å². The van der Waals surface area contributed by atoms with Gasteiger partial charge < -0.3 is 10.0 Å². The van der Waals surface area contributed by atoms with Gasteiger partial charge >= 0.3 is 12.0 Å². The van der Waals surface area contributed by atoms with Crippen molar-refractivity contribution in [3.8, 4) is 0 Å². The number of unbranched alkanes of at least 4 members (excludes halogenated alkanes) is 1. The zero-order valence-electron chi connectivity index (χ0n) is 11.0. The maximum absolute atomic E-state index is 11.7. The molecule has 1 aromatic heterocycles. The van der Waals surface area contributed by atoms with Crippen LogP contribution in [0.1, 0.15) is 31.2 Å². The van der Waals surface area contributed by atoms with Gasteiger partial charge in [0.2, 0.25) is 5.13 Å². The number of nitrogens with one attached hydrogen (secondary N) is 1. The average molecular weight is 286 g/mol. The molecule has 0 aliphatic rings. The predicted molar refractivity (Wildman–Crippen MR) is 72.4 cm³/mol. The number of carboxylic acid groups (broad SMARTS) is 1. The third-order valence-corrected chi connectivity index (χ3v) is 3.33. The lowest BCUT2D eigenvalue weighted by Gasteiger charge is -2.15. The molecule has 2 amide bonds. The average Bonchev–Trinajstić information content (AvgIpc) is 2.80. The maximum Gasteiger partial charge on any atom is 0.323 e. The first-order valence-corrected chi connectivity index (χ1v) is 6.91. The summed E-state index contributed by atoms with van der Waals surface area (Å²) in [6.45, 7) is 2.25. The van der Waals surface area contributed by atoms with E-state index in [0.717, 1.165) is 24.3 Å². The van der Waals surface area contributed by atoms with Crippen LogP contribution in [0.15, 0.2) is 0 Å². The molecule has 0 saturated carbocycles. The van der Waals surface area contributed by atoms with Gasteiger partial charge in [0.1, 0.15) is 5.01 Å². The minimum Gasteiger partial charge on any atom is -0.481 e. The Kier molecular flexibility index (Phi) is 6.20. The van der Waals surface area contributed by atoms with Gasteiger partial charge in [-0.3, -0.25) is 10.1 Å². The van der Waals surface area contributed by atoms with Crippen molar-refractivity contribution in [2.45, 2.75) is 32.6 Å². The zero-order chi connectivity index (χ0) is 14.3. The number of amides is 2. The predicted octanol–water partition coefficient (Wildman–Crippen LogP) is 1.82. The summed E-state index contributed by atoms with van der Waals surface area (Å²) in [4.78, 5) is 23.4. The van der Waals surface area contributed by atoms with E-state index in [1.165, 1.54) is 23.3 Å². The Morgan fingerprint density at radius 1 is 1.42 bits per heavy atom. The van der Waals surface area contributed by atoms with Crippen LogP contribution in [0.3, 0.4) is 0 Å². The summed E-state index contributed by atoms with van der Waals surface area (Å²) in [5.74, 6) is -0.933. The molecule has 8 heteroatoms. The largest absolute Gasteiger partial charge is 0.481 e. The van der Waals surface area contributed by atoms with Crippen LogP contribution in [0.25, 0.3) is 0 Å². The smallest absolute Gasteiger partial charge is 0.323 e. The van der Waals surface area contributed by atoms with Gasteiger partial charge in [0.15, 0.2) is 0 Å². The van der Waals surface area contributed by atoms with E-state index in [1.54, 1.807) is 0 Å². The molecule has 7 nitrogen and oxygen atoms in total.